The second kappa shape index (κ2) is 8.33. The van der Waals surface area contributed by atoms with Crippen molar-refractivity contribution in [2.24, 2.45) is 16.9 Å². The van der Waals surface area contributed by atoms with Crippen LogP contribution in [0.15, 0.2) is 23.3 Å². The minimum absolute atomic E-state index is 0.0594. The highest BCUT2D eigenvalue weighted by Crippen LogP contribution is 2.28. The summed E-state index contributed by atoms with van der Waals surface area (Å²) in [6.45, 7) is 4.71. The molecule has 1 fully saturated rings. The van der Waals surface area contributed by atoms with Gasteiger partial charge in [-0.3, -0.25) is 4.79 Å². The number of ether oxygens (including phenoxy) is 2. The van der Waals surface area contributed by atoms with Crippen LogP contribution in [0.2, 0.25) is 0 Å². The van der Waals surface area contributed by atoms with Crippen molar-refractivity contribution < 1.29 is 22.7 Å². The van der Waals surface area contributed by atoms with Gasteiger partial charge in [-0.25, -0.2) is 13.8 Å². The molecular weight excluding hydrogens is 344 g/mol. The number of sulfone groups is 1. The maximum atomic E-state index is 11.9. The molecule has 0 aromatic heterocycles. The van der Waals surface area contributed by atoms with Gasteiger partial charge < -0.3 is 9.47 Å². The molecule has 0 bridgehead atoms. The van der Waals surface area contributed by atoms with Gasteiger partial charge in [0, 0.05) is 0 Å². The van der Waals surface area contributed by atoms with Crippen LogP contribution in [0.3, 0.4) is 0 Å². The van der Waals surface area contributed by atoms with Crippen LogP contribution in [-0.4, -0.2) is 45.8 Å². The number of hydrazone groups is 1. The number of nitrogens with one attached hydrogen (secondary N) is 1. The first-order valence-electron chi connectivity index (χ1n) is 8.15. The van der Waals surface area contributed by atoms with Crippen molar-refractivity contribution in [2.75, 3.05) is 25.2 Å². The Labute approximate surface area is 148 Å². The van der Waals surface area contributed by atoms with Crippen molar-refractivity contribution in [3.63, 3.8) is 0 Å². The van der Waals surface area contributed by atoms with Crippen LogP contribution in [0, 0.1) is 11.8 Å². The molecule has 2 rings (SSSR count). The first-order valence-corrected chi connectivity index (χ1v) is 9.97. The smallest absolute Gasteiger partial charge is 0.244 e. The SMILES string of the molecule is COc1cc(/C=N\NC(=O)[C@H]2CCS(=O)(=O)C2)ccc1OCC(C)C. The predicted octanol–water partition coefficient (Wildman–Crippen LogP) is 1.61. The van der Waals surface area contributed by atoms with Gasteiger partial charge in [0.1, 0.15) is 0 Å². The quantitative estimate of drug-likeness (QED) is 0.583. The molecule has 1 aliphatic heterocycles. The number of carbonyl (C=O) groups excluding carboxylic acids is 1. The number of amides is 1. The van der Waals surface area contributed by atoms with Gasteiger partial charge in [0.25, 0.3) is 0 Å². The van der Waals surface area contributed by atoms with E-state index in [1.165, 1.54) is 6.21 Å². The van der Waals surface area contributed by atoms with E-state index in [4.69, 9.17) is 9.47 Å². The largest absolute Gasteiger partial charge is 0.493 e. The van der Waals surface area contributed by atoms with Crippen LogP contribution in [0.25, 0.3) is 0 Å². The average Bonchev–Trinajstić information content (AvgIpc) is 2.93. The minimum atomic E-state index is -3.09. The zero-order valence-corrected chi connectivity index (χ0v) is 15.5. The fraction of sp³-hybridized carbons (Fsp3) is 0.529. The maximum Gasteiger partial charge on any atom is 0.244 e. The number of benzene rings is 1. The number of hydrogen-bond donors (Lipinski definition) is 1. The highest BCUT2D eigenvalue weighted by atomic mass is 32.2. The van der Waals surface area contributed by atoms with E-state index in [1.54, 1.807) is 25.3 Å². The Kier molecular flexibility index (Phi) is 6.41. The molecule has 0 unspecified atom stereocenters. The predicted molar refractivity (Wildman–Crippen MR) is 95.8 cm³/mol. The first-order chi connectivity index (χ1) is 11.8. The Balaban J connectivity index is 1.95. The molecule has 0 saturated carbocycles. The van der Waals surface area contributed by atoms with Crippen LogP contribution < -0.4 is 14.9 Å². The molecule has 1 amide bonds. The molecule has 7 nitrogen and oxygen atoms in total. The van der Waals surface area contributed by atoms with E-state index >= 15 is 0 Å². The van der Waals surface area contributed by atoms with Crippen LogP contribution in [0.4, 0.5) is 0 Å². The summed E-state index contributed by atoms with van der Waals surface area (Å²) in [5.74, 6) is 0.685. The number of rotatable bonds is 7. The summed E-state index contributed by atoms with van der Waals surface area (Å²) in [7, 11) is -1.53. The van der Waals surface area contributed by atoms with E-state index in [9.17, 15) is 13.2 Å². The summed E-state index contributed by atoms with van der Waals surface area (Å²) in [6.07, 6.45) is 1.83. The number of carbonyl (C=O) groups is 1. The third kappa shape index (κ3) is 5.74. The normalized spacial score (nSPS) is 19.3. The molecule has 1 heterocycles. The Morgan fingerprint density at radius 1 is 1.40 bits per heavy atom. The molecule has 138 valence electrons. The van der Waals surface area contributed by atoms with E-state index in [1.807, 2.05) is 0 Å². The Bertz CT molecular complexity index is 743. The molecule has 25 heavy (non-hydrogen) atoms. The number of methoxy groups -OCH3 is 1. The molecule has 1 aromatic carbocycles. The van der Waals surface area contributed by atoms with Gasteiger partial charge in [0.05, 0.1) is 37.4 Å². The number of nitrogens with zero attached hydrogens (tertiary/aromatic N) is 1. The van der Waals surface area contributed by atoms with Gasteiger partial charge in [0.2, 0.25) is 5.91 Å². The summed E-state index contributed by atoms with van der Waals surface area (Å²) in [6, 6.07) is 5.34. The van der Waals surface area contributed by atoms with Crippen molar-refractivity contribution in [3.8, 4) is 11.5 Å². The average molecular weight is 368 g/mol. The molecule has 0 radical (unpaired) electrons. The fourth-order valence-electron chi connectivity index (χ4n) is 2.40. The maximum absolute atomic E-state index is 11.9. The third-order valence-electron chi connectivity index (χ3n) is 3.75. The lowest BCUT2D eigenvalue weighted by atomic mass is 10.1. The van der Waals surface area contributed by atoms with Crippen molar-refractivity contribution >= 4 is 22.0 Å². The molecule has 0 spiro atoms. The van der Waals surface area contributed by atoms with Crippen LogP contribution in [0.1, 0.15) is 25.8 Å². The van der Waals surface area contributed by atoms with Crippen LogP contribution in [0.5, 0.6) is 11.5 Å². The zero-order chi connectivity index (χ0) is 18.4. The molecular formula is C17H24N2O5S. The summed E-state index contributed by atoms with van der Waals surface area (Å²) in [5, 5.41) is 3.90. The molecule has 0 aliphatic carbocycles. The fourth-order valence-corrected chi connectivity index (χ4v) is 4.15. The van der Waals surface area contributed by atoms with E-state index < -0.39 is 15.8 Å². The molecule has 1 N–H and O–H groups in total. The summed E-state index contributed by atoms with van der Waals surface area (Å²) in [4.78, 5) is 11.9. The van der Waals surface area contributed by atoms with Gasteiger partial charge in [-0.1, -0.05) is 13.8 Å². The Hall–Kier alpha value is -2.09. The van der Waals surface area contributed by atoms with Gasteiger partial charge in [-0.15, -0.1) is 0 Å². The Morgan fingerprint density at radius 2 is 2.16 bits per heavy atom. The van der Waals surface area contributed by atoms with Crippen molar-refractivity contribution in [3.05, 3.63) is 23.8 Å². The van der Waals surface area contributed by atoms with Gasteiger partial charge in [-0.2, -0.15) is 5.10 Å². The topological polar surface area (TPSA) is 94.1 Å². The summed E-state index contributed by atoms with van der Waals surface area (Å²) in [5.41, 5.74) is 3.13. The van der Waals surface area contributed by atoms with E-state index in [-0.39, 0.29) is 17.4 Å². The molecule has 1 saturated heterocycles. The summed E-state index contributed by atoms with van der Waals surface area (Å²) >= 11 is 0. The second-order valence-electron chi connectivity index (χ2n) is 6.45. The highest BCUT2D eigenvalue weighted by Gasteiger charge is 2.32. The molecule has 1 atom stereocenters. The van der Waals surface area contributed by atoms with Crippen molar-refractivity contribution in [2.45, 2.75) is 20.3 Å². The molecule has 8 heteroatoms. The van der Waals surface area contributed by atoms with Crippen LogP contribution >= 0.6 is 0 Å². The van der Waals surface area contributed by atoms with Crippen molar-refractivity contribution in [1.82, 2.24) is 5.43 Å². The van der Waals surface area contributed by atoms with Gasteiger partial charge in [0.15, 0.2) is 21.3 Å². The van der Waals surface area contributed by atoms with Crippen molar-refractivity contribution in [1.29, 1.82) is 0 Å². The lowest BCUT2D eigenvalue weighted by Gasteiger charge is -2.12. The standard InChI is InChI=1S/C17H24N2O5S/c1-12(2)10-24-15-5-4-13(8-16(15)23-3)9-18-19-17(20)14-6-7-25(21,22)11-14/h4-5,8-9,12,14H,6-7,10-11H2,1-3H3,(H,19,20)/b18-9-/t14-/m0/s1. The summed E-state index contributed by atoms with van der Waals surface area (Å²) < 4.78 is 33.8. The van der Waals surface area contributed by atoms with Gasteiger partial charge >= 0.3 is 0 Å². The lowest BCUT2D eigenvalue weighted by molar-refractivity contribution is -0.124. The molecule has 1 aromatic rings. The monoisotopic (exact) mass is 368 g/mol. The minimum Gasteiger partial charge on any atom is -0.493 e. The number of hydrogen-bond acceptors (Lipinski definition) is 6. The van der Waals surface area contributed by atoms with Crippen LogP contribution in [-0.2, 0) is 14.6 Å². The lowest BCUT2D eigenvalue weighted by Crippen LogP contribution is -2.27. The second-order valence-corrected chi connectivity index (χ2v) is 8.68. The van der Waals surface area contributed by atoms with E-state index in [0.29, 0.717) is 30.4 Å². The first kappa shape index (κ1) is 19.2. The highest BCUT2D eigenvalue weighted by molar-refractivity contribution is 7.91. The van der Waals surface area contributed by atoms with E-state index in [0.717, 1.165) is 5.56 Å². The third-order valence-corrected chi connectivity index (χ3v) is 5.52. The van der Waals surface area contributed by atoms with Gasteiger partial charge in [-0.05, 0) is 36.1 Å². The zero-order valence-electron chi connectivity index (χ0n) is 14.7. The van der Waals surface area contributed by atoms with E-state index in [2.05, 4.69) is 24.4 Å². The Morgan fingerprint density at radius 3 is 2.76 bits per heavy atom. The molecule has 1 aliphatic rings.